The number of barbiturate groups is 1. The molecule has 2 aromatic rings. The number of aryl methyl sites for hydroxylation is 2. The smallest absolute Gasteiger partial charge is 0.328 e. The lowest BCUT2D eigenvalue weighted by Gasteiger charge is -2.48. The molecule has 2 aliphatic heterocycles. The summed E-state index contributed by atoms with van der Waals surface area (Å²) in [5, 5.41) is 9.85. The highest BCUT2D eigenvalue weighted by molar-refractivity contribution is 6.21. The number of benzene rings is 2. The highest BCUT2D eigenvalue weighted by Crippen LogP contribution is 2.48. The Morgan fingerprint density at radius 1 is 0.621 bits per heavy atom. The molecule has 2 atom stereocenters. The Balaban J connectivity index is 1.93. The molecule has 0 bridgehead atoms. The van der Waals surface area contributed by atoms with Gasteiger partial charge in [-0.15, -0.1) is 0 Å². The summed E-state index contributed by atoms with van der Waals surface area (Å²) < 4.78 is 0. The normalized spacial score (nSPS) is 23.1. The molecule has 6 amide bonds. The molecule has 8 heteroatoms. The number of carbonyl (C=O) groups excluding carboxylic acids is 4. The number of amides is 6. The molecule has 4 rings (SSSR count). The molecule has 0 aliphatic carbocycles. The van der Waals surface area contributed by atoms with Crippen LogP contribution in [0.15, 0.2) is 48.5 Å². The molecule has 2 fully saturated rings. The first kappa shape index (κ1) is 18.7. The molecule has 2 heterocycles. The number of imide groups is 2. The van der Waals surface area contributed by atoms with Gasteiger partial charge in [-0.25, -0.2) is 9.59 Å². The van der Waals surface area contributed by atoms with Gasteiger partial charge in [-0.05, 0) is 25.0 Å². The van der Waals surface area contributed by atoms with Crippen molar-refractivity contribution >= 4 is 23.9 Å². The second-order valence-corrected chi connectivity index (χ2v) is 7.41. The Labute approximate surface area is 167 Å². The van der Waals surface area contributed by atoms with Gasteiger partial charge in [-0.1, -0.05) is 59.7 Å². The van der Waals surface area contributed by atoms with Crippen molar-refractivity contribution in [2.45, 2.75) is 25.9 Å². The third kappa shape index (κ3) is 2.93. The Morgan fingerprint density at radius 3 is 1.38 bits per heavy atom. The van der Waals surface area contributed by atoms with Gasteiger partial charge in [0.05, 0.1) is 12.1 Å². The van der Waals surface area contributed by atoms with E-state index in [9.17, 15) is 19.2 Å². The van der Waals surface area contributed by atoms with Crippen LogP contribution in [0, 0.1) is 19.3 Å². The fourth-order valence-corrected chi connectivity index (χ4v) is 3.98. The first-order valence-corrected chi connectivity index (χ1v) is 9.19. The van der Waals surface area contributed by atoms with E-state index in [4.69, 9.17) is 0 Å². The van der Waals surface area contributed by atoms with Crippen LogP contribution in [0.5, 0.6) is 0 Å². The summed E-state index contributed by atoms with van der Waals surface area (Å²) in [5.74, 6) is -1.54. The Bertz CT molecular complexity index is 934. The third-order valence-corrected chi connectivity index (χ3v) is 5.49. The SMILES string of the molecule is Cc1ccc([C@H]2NC(=O)N[C@H](c3ccc(C)cc3)C23C(=O)NC(=O)NC3=O)cc1. The van der Waals surface area contributed by atoms with Crippen molar-refractivity contribution < 1.29 is 19.2 Å². The molecule has 0 aromatic heterocycles. The number of nitrogens with one attached hydrogen (secondary N) is 4. The first-order chi connectivity index (χ1) is 13.8. The van der Waals surface area contributed by atoms with Crippen LogP contribution in [0.25, 0.3) is 0 Å². The Morgan fingerprint density at radius 2 is 1.00 bits per heavy atom. The van der Waals surface area contributed by atoms with Crippen molar-refractivity contribution in [1.82, 2.24) is 21.3 Å². The topological polar surface area (TPSA) is 116 Å². The zero-order valence-electron chi connectivity index (χ0n) is 15.9. The molecule has 2 aliphatic rings. The fraction of sp³-hybridized carbons (Fsp3) is 0.238. The number of hydrogen-bond donors (Lipinski definition) is 4. The summed E-state index contributed by atoms with van der Waals surface area (Å²) in [6.45, 7) is 3.82. The highest BCUT2D eigenvalue weighted by Gasteiger charge is 2.64. The van der Waals surface area contributed by atoms with Crippen LogP contribution in [0.1, 0.15) is 34.3 Å². The molecular weight excluding hydrogens is 372 g/mol. The van der Waals surface area contributed by atoms with Gasteiger partial charge in [0, 0.05) is 0 Å². The zero-order chi connectivity index (χ0) is 20.8. The molecule has 148 valence electrons. The number of hydrogen-bond acceptors (Lipinski definition) is 4. The molecule has 0 saturated carbocycles. The van der Waals surface area contributed by atoms with Gasteiger partial charge >= 0.3 is 12.1 Å². The predicted molar refractivity (Wildman–Crippen MR) is 104 cm³/mol. The monoisotopic (exact) mass is 392 g/mol. The largest absolute Gasteiger partial charge is 0.330 e. The van der Waals surface area contributed by atoms with Gasteiger partial charge in [0.15, 0.2) is 5.41 Å². The standard InChI is InChI=1S/C21H20N4O4/c1-11-3-7-13(8-4-11)15-21(17(26)24-20(29)25-18(21)27)16(23-19(28)22-15)14-9-5-12(2)6-10-14/h3-10,15-16H,1-2H3,(H2,22,23,28)(H2,24,25,26,27,29)/t15-,16-/m1/s1. The van der Waals surface area contributed by atoms with E-state index in [-0.39, 0.29) is 0 Å². The van der Waals surface area contributed by atoms with Gasteiger partial charge < -0.3 is 10.6 Å². The van der Waals surface area contributed by atoms with Crippen LogP contribution >= 0.6 is 0 Å². The number of urea groups is 2. The van der Waals surface area contributed by atoms with E-state index in [1.54, 1.807) is 24.3 Å². The van der Waals surface area contributed by atoms with Crippen LogP contribution in [-0.2, 0) is 9.59 Å². The highest BCUT2D eigenvalue weighted by atomic mass is 16.2. The minimum Gasteiger partial charge on any atom is -0.330 e. The first-order valence-electron chi connectivity index (χ1n) is 9.19. The molecule has 4 N–H and O–H groups in total. The van der Waals surface area contributed by atoms with Crippen LogP contribution < -0.4 is 21.3 Å². The average molecular weight is 392 g/mol. The van der Waals surface area contributed by atoms with Crippen LogP contribution in [0.4, 0.5) is 9.59 Å². The van der Waals surface area contributed by atoms with Crippen LogP contribution in [-0.4, -0.2) is 23.9 Å². The average Bonchev–Trinajstić information content (AvgIpc) is 2.67. The zero-order valence-corrected chi connectivity index (χ0v) is 15.9. The summed E-state index contributed by atoms with van der Waals surface area (Å²) in [5.41, 5.74) is 1.35. The van der Waals surface area contributed by atoms with E-state index in [2.05, 4.69) is 21.3 Å². The van der Waals surface area contributed by atoms with Gasteiger partial charge in [-0.2, -0.15) is 0 Å². The van der Waals surface area contributed by atoms with Gasteiger partial charge in [-0.3, -0.25) is 20.2 Å². The van der Waals surface area contributed by atoms with E-state index < -0.39 is 41.4 Å². The Kier molecular flexibility index (Phi) is 4.34. The molecular formula is C21H20N4O4. The molecule has 2 aromatic carbocycles. The third-order valence-electron chi connectivity index (χ3n) is 5.49. The van der Waals surface area contributed by atoms with E-state index >= 15 is 0 Å². The van der Waals surface area contributed by atoms with Crippen molar-refractivity contribution in [3.63, 3.8) is 0 Å². The van der Waals surface area contributed by atoms with E-state index in [0.717, 1.165) is 11.1 Å². The molecule has 0 radical (unpaired) electrons. The summed E-state index contributed by atoms with van der Waals surface area (Å²) in [7, 11) is 0. The number of carbonyl (C=O) groups is 4. The summed E-state index contributed by atoms with van der Waals surface area (Å²) in [6.07, 6.45) is 0. The van der Waals surface area contributed by atoms with Crippen molar-refractivity contribution in [2.75, 3.05) is 0 Å². The van der Waals surface area contributed by atoms with E-state index in [1.165, 1.54) is 0 Å². The van der Waals surface area contributed by atoms with Crippen molar-refractivity contribution in [3.8, 4) is 0 Å². The summed E-state index contributed by atoms with van der Waals surface area (Å²) in [4.78, 5) is 50.7. The van der Waals surface area contributed by atoms with Gasteiger partial charge in [0.25, 0.3) is 0 Å². The maximum Gasteiger partial charge on any atom is 0.328 e. The molecule has 1 spiro atoms. The lowest BCUT2D eigenvalue weighted by molar-refractivity contribution is -0.150. The quantitative estimate of drug-likeness (QED) is 0.583. The van der Waals surface area contributed by atoms with Crippen molar-refractivity contribution in [3.05, 3.63) is 70.8 Å². The van der Waals surface area contributed by atoms with Crippen molar-refractivity contribution in [2.24, 2.45) is 5.41 Å². The van der Waals surface area contributed by atoms with Crippen LogP contribution in [0.2, 0.25) is 0 Å². The lowest BCUT2D eigenvalue weighted by atomic mass is 9.65. The van der Waals surface area contributed by atoms with Crippen LogP contribution in [0.3, 0.4) is 0 Å². The lowest BCUT2D eigenvalue weighted by Crippen LogP contribution is -2.73. The van der Waals surface area contributed by atoms with Gasteiger partial charge in [0.1, 0.15) is 0 Å². The predicted octanol–water partition coefficient (Wildman–Crippen LogP) is 1.75. The maximum absolute atomic E-state index is 13.2. The fourth-order valence-electron chi connectivity index (χ4n) is 3.98. The number of rotatable bonds is 2. The van der Waals surface area contributed by atoms with E-state index in [0.29, 0.717) is 11.1 Å². The van der Waals surface area contributed by atoms with E-state index in [1.807, 2.05) is 38.1 Å². The minimum atomic E-state index is -1.80. The van der Waals surface area contributed by atoms with Gasteiger partial charge in [0.2, 0.25) is 11.8 Å². The molecule has 0 unspecified atom stereocenters. The Hall–Kier alpha value is -3.68. The van der Waals surface area contributed by atoms with Crippen molar-refractivity contribution in [1.29, 1.82) is 0 Å². The molecule has 8 nitrogen and oxygen atoms in total. The minimum absolute atomic E-state index is 0.510. The molecule has 29 heavy (non-hydrogen) atoms. The summed E-state index contributed by atoms with van der Waals surface area (Å²) >= 11 is 0. The second kappa shape index (κ2) is 6.73. The molecule has 2 saturated heterocycles. The summed E-state index contributed by atoms with van der Waals surface area (Å²) in [6, 6.07) is 11.0. The second-order valence-electron chi connectivity index (χ2n) is 7.41. The maximum atomic E-state index is 13.2.